The lowest BCUT2D eigenvalue weighted by Gasteiger charge is -2.36. The van der Waals surface area contributed by atoms with E-state index in [4.69, 9.17) is 10.5 Å². The number of nitrogen functional groups attached to an aromatic ring is 1. The van der Waals surface area contributed by atoms with Crippen LogP contribution in [0.4, 0.5) is 11.4 Å². The largest absolute Gasteiger partial charge is 0.487 e. The fourth-order valence-corrected chi connectivity index (χ4v) is 2.86. The average Bonchev–Trinajstić information content (AvgIpc) is 2.46. The van der Waals surface area contributed by atoms with Gasteiger partial charge in [-0.2, -0.15) is 0 Å². The molecule has 1 heterocycles. The van der Waals surface area contributed by atoms with Gasteiger partial charge >= 0.3 is 0 Å². The zero-order valence-corrected chi connectivity index (χ0v) is 13.8. The van der Waals surface area contributed by atoms with Gasteiger partial charge in [-0.15, -0.1) is 0 Å². The molecule has 5 nitrogen and oxygen atoms in total. The fourth-order valence-electron chi connectivity index (χ4n) is 2.86. The second kappa shape index (κ2) is 7.38. The van der Waals surface area contributed by atoms with Gasteiger partial charge in [0.25, 0.3) is 0 Å². The summed E-state index contributed by atoms with van der Waals surface area (Å²) < 4.78 is 5.83. The van der Waals surface area contributed by atoms with Crippen LogP contribution >= 0.6 is 0 Å². The van der Waals surface area contributed by atoms with Crippen molar-refractivity contribution in [3.8, 4) is 5.75 Å². The number of rotatable bonds is 6. The summed E-state index contributed by atoms with van der Waals surface area (Å²) in [7, 11) is 0. The summed E-state index contributed by atoms with van der Waals surface area (Å²) in [4.78, 5) is 16.6. The van der Waals surface area contributed by atoms with E-state index in [9.17, 15) is 4.79 Å². The summed E-state index contributed by atoms with van der Waals surface area (Å²) in [6, 6.07) is 5.62. The van der Waals surface area contributed by atoms with Gasteiger partial charge in [0.05, 0.1) is 18.8 Å². The molecule has 1 aromatic rings. The van der Waals surface area contributed by atoms with Crippen LogP contribution in [0.25, 0.3) is 0 Å². The van der Waals surface area contributed by atoms with Crippen LogP contribution in [0.5, 0.6) is 5.75 Å². The first kappa shape index (κ1) is 16.5. The maximum absolute atomic E-state index is 12.6. The number of nitrogens with two attached hydrogens (primary N) is 1. The first-order valence-electron chi connectivity index (χ1n) is 8.14. The van der Waals surface area contributed by atoms with Crippen molar-refractivity contribution in [3.63, 3.8) is 0 Å². The third-order valence-corrected chi connectivity index (χ3v) is 3.80. The first-order valence-corrected chi connectivity index (χ1v) is 8.14. The van der Waals surface area contributed by atoms with E-state index in [1.165, 1.54) is 0 Å². The molecule has 1 atom stereocenters. The number of nitrogens with zero attached hydrogens (tertiary/aromatic N) is 2. The van der Waals surface area contributed by atoms with E-state index in [1.54, 1.807) is 0 Å². The molecule has 1 aromatic carbocycles. The number of hydrogen-bond donors (Lipinski definition) is 1. The third kappa shape index (κ3) is 3.84. The molecule has 0 fully saturated rings. The van der Waals surface area contributed by atoms with Crippen LogP contribution in [0.3, 0.4) is 0 Å². The maximum Gasteiger partial charge on any atom is 0.242 e. The Morgan fingerprint density at radius 2 is 2.05 bits per heavy atom. The van der Waals surface area contributed by atoms with Crippen molar-refractivity contribution >= 4 is 17.3 Å². The van der Waals surface area contributed by atoms with Crippen molar-refractivity contribution < 1.29 is 9.53 Å². The number of anilines is 2. The summed E-state index contributed by atoms with van der Waals surface area (Å²) in [5.74, 6) is 0.949. The van der Waals surface area contributed by atoms with Gasteiger partial charge in [-0.3, -0.25) is 4.79 Å². The van der Waals surface area contributed by atoms with Gasteiger partial charge in [-0.05, 0) is 31.9 Å². The fraction of sp³-hybridized carbons (Fsp3) is 0.588. The van der Waals surface area contributed by atoms with E-state index >= 15 is 0 Å². The Hall–Kier alpha value is -1.91. The molecule has 0 saturated carbocycles. The number of carbonyl (C=O) groups excluding carboxylic acids is 1. The Bertz CT molecular complexity index is 513. The Kier molecular flexibility index (Phi) is 5.52. The number of carbonyl (C=O) groups is 1. The zero-order chi connectivity index (χ0) is 16.1. The molecule has 5 heteroatoms. The van der Waals surface area contributed by atoms with Crippen molar-refractivity contribution in [2.24, 2.45) is 0 Å². The summed E-state index contributed by atoms with van der Waals surface area (Å²) in [5, 5.41) is 0. The second-order valence-corrected chi connectivity index (χ2v) is 5.92. The number of ether oxygens (including phenoxy) is 1. The van der Waals surface area contributed by atoms with Crippen LogP contribution in [0, 0.1) is 0 Å². The van der Waals surface area contributed by atoms with Crippen molar-refractivity contribution in [3.05, 3.63) is 18.2 Å². The first-order chi connectivity index (χ1) is 10.5. The van der Waals surface area contributed by atoms with Gasteiger partial charge in [-0.1, -0.05) is 13.8 Å². The van der Waals surface area contributed by atoms with E-state index in [0.29, 0.717) is 12.2 Å². The lowest BCUT2D eigenvalue weighted by Crippen LogP contribution is -2.46. The summed E-state index contributed by atoms with van der Waals surface area (Å²) in [5.41, 5.74) is 7.46. The Morgan fingerprint density at radius 1 is 1.36 bits per heavy atom. The molecule has 2 rings (SSSR count). The third-order valence-electron chi connectivity index (χ3n) is 3.80. The molecule has 1 aliphatic heterocycles. The van der Waals surface area contributed by atoms with Crippen LogP contribution < -0.4 is 15.4 Å². The maximum atomic E-state index is 12.6. The topological polar surface area (TPSA) is 58.8 Å². The van der Waals surface area contributed by atoms with Crippen molar-refractivity contribution in [1.29, 1.82) is 0 Å². The van der Waals surface area contributed by atoms with Gasteiger partial charge in [0, 0.05) is 24.8 Å². The van der Waals surface area contributed by atoms with E-state index in [2.05, 4.69) is 18.7 Å². The van der Waals surface area contributed by atoms with E-state index < -0.39 is 0 Å². The molecule has 1 unspecified atom stereocenters. The van der Waals surface area contributed by atoms with Crippen LogP contribution in [0.15, 0.2) is 18.2 Å². The summed E-state index contributed by atoms with van der Waals surface area (Å²) in [6.45, 7) is 8.97. The van der Waals surface area contributed by atoms with Gasteiger partial charge in [0.15, 0.2) is 0 Å². The molecule has 0 radical (unpaired) electrons. The molecule has 0 saturated heterocycles. The van der Waals surface area contributed by atoms with E-state index in [0.717, 1.165) is 43.9 Å². The minimum atomic E-state index is 0.0490. The second-order valence-electron chi connectivity index (χ2n) is 5.92. The van der Waals surface area contributed by atoms with E-state index in [1.807, 2.05) is 30.0 Å². The van der Waals surface area contributed by atoms with Gasteiger partial charge in [0.1, 0.15) is 11.9 Å². The van der Waals surface area contributed by atoms with Gasteiger partial charge in [-0.25, -0.2) is 0 Å². The van der Waals surface area contributed by atoms with Crippen LogP contribution in [-0.2, 0) is 4.79 Å². The lowest BCUT2D eigenvalue weighted by molar-refractivity contribution is -0.129. The molecule has 0 spiro atoms. The molecule has 22 heavy (non-hydrogen) atoms. The highest BCUT2D eigenvalue weighted by Gasteiger charge is 2.26. The smallest absolute Gasteiger partial charge is 0.242 e. The Morgan fingerprint density at radius 3 is 2.68 bits per heavy atom. The summed E-state index contributed by atoms with van der Waals surface area (Å²) >= 11 is 0. The van der Waals surface area contributed by atoms with Crippen molar-refractivity contribution in [2.75, 3.05) is 36.8 Å². The van der Waals surface area contributed by atoms with E-state index in [-0.39, 0.29) is 12.0 Å². The predicted octanol–water partition coefficient (Wildman–Crippen LogP) is 2.50. The van der Waals surface area contributed by atoms with Crippen molar-refractivity contribution in [1.82, 2.24) is 4.90 Å². The predicted molar refractivity (Wildman–Crippen MR) is 90.3 cm³/mol. The normalized spacial score (nSPS) is 16.9. The lowest BCUT2D eigenvalue weighted by atomic mass is 10.1. The summed E-state index contributed by atoms with van der Waals surface area (Å²) in [6.07, 6.45) is 2.02. The number of fused-ring (bicyclic) bond motifs is 1. The number of benzene rings is 1. The van der Waals surface area contributed by atoms with Crippen molar-refractivity contribution in [2.45, 2.75) is 39.7 Å². The van der Waals surface area contributed by atoms with Crippen LogP contribution in [-0.4, -0.2) is 43.1 Å². The van der Waals surface area contributed by atoms with Gasteiger partial charge in [0.2, 0.25) is 5.91 Å². The van der Waals surface area contributed by atoms with Gasteiger partial charge < -0.3 is 20.3 Å². The molecule has 0 aliphatic carbocycles. The Labute approximate surface area is 133 Å². The molecule has 1 amide bonds. The molecule has 1 aliphatic rings. The molecule has 2 N–H and O–H groups in total. The molecule has 0 bridgehead atoms. The minimum absolute atomic E-state index is 0.0490. The Balaban J connectivity index is 2.14. The molecular weight excluding hydrogens is 278 g/mol. The molecule has 122 valence electrons. The average molecular weight is 305 g/mol. The highest BCUT2D eigenvalue weighted by molar-refractivity contribution is 5.82. The monoisotopic (exact) mass is 305 g/mol. The minimum Gasteiger partial charge on any atom is -0.487 e. The zero-order valence-electron chi connectivity index (χ0n) is 13.8. The highest BCUT2D eigenvalue weighted by Crippen LogP contribution is 2.34. The molecule has 0 aromatic heterocycles. The SMILES string of the molecule is CCCN(CCC)C(=O)CN1CC(C)Oc2cc(N)ccc21. The standard InChI is InChI=1S/C17H27N3O2/c1-4-8-19(9-5-2)17(21)12-20-11-13(3)22-16-10-14(18)6-7-15(16)20/h6-7,10,13H,4-5,8-9,11-12,18H2,1-3H3. The number of amides is 1. The molecular formula is C17H27N3O2. The quantitative estimate of drug-likeness (QED) is 0.820. The van der Waals surface area contributed by atoms with Crippen LogP contribution in [0.2, 0.25) is 0 Å². The number of hydrogen-bond acceptors (Lipinski definition) is 4. The highest BCUT2D eigenvalue weighted by atomic mass is 16.5. The van der Waals surface area contributed by atoms with Crippen LogP contribution in [0.1, 0.15) is 33.6 Å².